The number of fused-ring (bicyclic) bond motifs is 1. The summed E-state index contributed by atoms with van der Waals surface area (Å²) in [6.07, 6.45) is 4.35. The predicted molar refractivity (Wildman–Crippen MR) is 80.1 cm³/mol. The van der Waals surface area contributed by atoms with Crippen LogP contribution in [0.4, 0.5) is 0 Å². The second-order valence-electron chi connectivity index (χ2n) is 3.83. The van der Waals surface area contributed by atoms with Crippen LogP contribution >= 0.6 is 24.8 Å². The van der Waals surface area contributed by atoms with Crippen molar-refractivity contribution in [2.75, 3.05) is 13.6 Å². The van der Waals surface area contributed by atoms with Gasteiger partial charge in [-0.15, -0.1) is 24.8 Å². The molecule has 0 saturated heterocycles. The molecule has 0 spiro atoms. The van der Waals surface area contributed by atoms with E-state index in [1.54, 1.807) is 0 Å². The van der Waals surface area contributed by atoms with Crippen molar-refractivity contribution in [1.29, 1.82) is 0 Å². The minimum Gasteiger partial charge on any atom is -0.350 e. The van der Waals surface area contributed by atoms with Gasteiger partial charge in [0.05, 0.1) is 12.2 Å². The van der Waals surface area contributed by atoms with E-state index < -0.39 is 0 Å². The number of amides is 1. The first-order valence-corrected chi connectivity index (χ1v) is 5.63. The fourth-order valence-corrected chi connectivity index (χ4v) is 1.59. The smallest absolute Gasteiger partial charge is 0.221 e. The Morgan fingerprint density at radius 3 is 2.84 bits per heavy atom. The maximum atomic E-state index is 11.4. The van der Waals surface area contributed by atoms with Crippen molar-refractivity contribution >= 4 is 36.4 Å². The number of aromatic nitrogens is 2. The summed E-state index contributed by atoms with van der Waals surface area (Å²) < 4.78 is 1.94. The molecule has 19 heavy (non-hydrogen) atoms. The van der Waals surface area contributed by atoms with Gasteiger partial charge in [0.2, 0.25) is 5.91 Å². The molecule has 0 saturated carbocycles. The van der Waals surface area contributed by atoms with Crippen molar-refractivity contribution in [3.05, 3.63) is 36.3 Å². The summed E-state index contributed by atoms with van der Waals surface area (Å²) in [5.74, 6) is 0.0383. The fourth-order valence-electron chi connectivity index (χ4n) is 1.59. The molecule has 0 aliphatic heterocycles. The first kappa shape index (κ1) is 17.7. The minimum absolute atomic E-state index is 0. The van der Waals surface area contributed by atoms with E-state index in [2.05, 4.69) is 15.6 Å². The average Bonchev–Trinajstić information content (AvgIpc) is 2.76. The average molecular weight is 305 g/mol. The molecule has 0 aliphatic rings. The number of hydrogen-bond donors (Lipinski definition) is 2. The van der Waals surface area contributed by atoms with Crippen molar-refractivity contribution < 1.29 is 4.79 Å². The molecule has 2 heterocycles. The fraction of sp³-hybridized carbons (Fsp3) is 0.333. The number of imidazole rings is 1. The van der Waals surface area contributed by atoms with Crippen LogP contribution in [0, 0.1) is 0 Å². The zero-order valence-corrected chi connectivity index (χ0v) is 12.3. The normalized spacial score (nSPS) is 9.53. The lowest BCUT2D eigenvalue weighted by Gasteiger charge is -2.01. The second-order valence-corrected chi connectivity index (χ2v) is 3.83. The van der Waals surface area contributed by atoms with E-state index in [9.17, 15) is 4.79 Å². The van der Waals surface area contributed by atoms with Gasteiger partial charge in [-0.2, -0.15) is 0 Å². The number of rotatable bonds is 5. The van der Waals surface area contributed by atoms with Crippen LogP contribution in [0.25, 0.3) is 5.65 Å². The van der Waals surface area contributed by atoms with Crippen LogP contribution in [0.5, 0.6) is 0 Å². The highest BCUT2D eigenvalue weighted by Crippen LogP contribution is 2.03. The van der Waals surface area contributed by atoms with Crippen molar-refractivity contribution in [2.24, 2.45) is 0 Å². The lowest BCUT2D eigenvalue weighted by molar-refractivity contribution is -0.121. The van der Waals surface area contributed by atoms with E-state index in [1.165, 1.54) is 0 Å². The van der Waals surface area contributed by atoms with E-state index in [0.717, 1.165) is 11.3 Å². The molecule has 2 aromatic heterocycles. The first-order chi connectivity index (χ1) is 8.29. The molecule has 106 valence electrons. The molecule has 7 heteroatoms. The summed E-state index contributed by atoms with van der Waals surface area (Å²) >= 11 is 0. The van der Waals surface area contributed by atoms with Gasteiger partial charge >= 0.3 is 0 Å². The summed E-state index contributed by atoms with van der Waals surface area (Å²) in [5, 5.41) is 5.78. The van der Waals surface area contributed by atoms with Crippen LogP contribution in [-0.2, 0) is 11.3 Å². The zero-order valence-electron chi connectivity index (χ0n) is 10.6. The molecule has 0 atom stereocenters. The van der Waals surface area contributed by atoms with E-state index >= 15 is 0 Å². The maximum Gasteiger partial charge on any atom is 0.221 e. The minimum atomic E-state index is 0. The van der Waals surface area contributed by atoms with Crippen LogP contribution in [0.1, 0.15) is 12.1 Å². The Morgan fingerprint density at radius 1 is 1.37 bits per heavy atom. The van der Waals surface area contributed by atoms with Gasteiger partial charge in [0.15, 0.2) is 0 Å². The predicted octanol–water partition coefficient (Wildman–Crippen LogP) is 1.40. The number of carbonyl (C=O) groups is 1. The van der Waals surface area contributed by atoms with Gasteiger partial charge in [-0.05, 0) is 19.2 Å². The lowest BCUT2D eigenvalue weighted by Crippen LogP contribution is -2.26. The highest BCUT2D eigenvalue weighted by Gasteiger charge is 2.03. The molecule has 1 amide bonds. The van der Waals surface area contributed by atoms with Crippen LogP contribution in [0.3, 0.4) is 0 Å². The Kier molecular flexibility index (Phi) is 8.14. The molecule has 0 aliphatic carbocycles. The van der Waals surface area contributed by atoms with E-state index in [1.807, 2.05) is 42.0 Å². The number of nitrogens with one attached hydrogen (secondary N) is 2. The standard InChI is InChI=1S/C12H16N4O.2ClH/c1-13-6-5-12(17)14-8-10-9-16-7-3-2-4-11(16)15-10;;/h2-4,7,9,13H,5-6,8H2,1H3,(H,14,17);2*1H. The molecule has 0 aromatic carbocycles. The van der Waals surface area contributed by atoms with Crippen LogP contribution < -0.4 is 10.6 Å². The molecule has 2 aromatic rings. The topological polar surface area (TPSA) is 58.4 Å². The Labute approximate surface area is 124 Å². The van der Waals surface area contributed by atoms with Gasteiger partial charge in [-0.3, -0.25) is 4.79 Å². The van der Waals surface area contributed by atoms with E-state index in [-0.39, 0.29) is 30.7 Å². The number of hydrogen-bond acceptors (Lipinski definition) is 3. The third-order valence-electron chi connectivity index (χ3n) is 2.48. The third-order valence-corrected chi connectivity index (χ3v) is 2.48. The monoisotopic (exact) mass is 304 g/mol. The molecule has 5 nitrogen and oxygen atoms in total. The Balaban J connectivity index is 0.00000162. The molecule has 2 N–H and O–H groups in total. The highest BCUT2D eigenvalue weighted by molar-refractivity contribution is 5.85. The van der Waals surface area contributed by atoms with E-state index in [4.69, 9.17) is 0 Å². The summed E-state index contributed by atoms with van der Waals surface area (Å²) in [4.78, 5) is 15.8. The molecular formula is C12H18Cl2N4O. The summed E-state index contributed by atoms with van der Waals surface area (Å²) in [6, 6.07) is 5.83. The Morgan fingerprint density at radius 2 is 2.16 bits per heavy atom. The van der Waals surface area contributed by atoms with Gasteiger partial charge in [0.1, 0.15) is 5.65 Å². The van der Waals surface area contributed by atoms with Crippen LogP contribution in [0.2, 0.25) is 0 Å². The zero-order chi connectivity index (χ0) is 12.1. The van der Waals surface area contributed by atoms with Crippen molar-refractivity contribution in [3.63, 3.8) is 0 Å². The highest BCUT2D eigenvalue weighted by atomic mass is 35.5. The van der Waals surface area contributed by atoms with Gasteiger partial charge in [0, 0.05) is 25.4 Å². The van der Waals surface area contributed by atoms with Crippen LogP contribution in [0.15, 0.2) is 30.6 Å². The van der Waals surface area contributed by atoms with Gasteiger partial charge in [0.25, 0.3) is 0 Å². The lowest BCUT2D eigenvalue weighted by atomic mass is 10.4. The van der Waals surface area contributed by atoms with Gasteiger partial charge in [-0.1, -0.05) is 6.07 Å². The SMILES string of the molecule is CNCCC(=O)NCc1cn2ccccc2n1.Cl.Cl. The largest absolute Gasteiger partial charge is 0.350 e. The van der Waals surface area contributed by atoms with Crippen molar-refractivity contribution in [3.8, 4) is 0 Å². The van der Waals surface area contributed by atoms with Crippen molar-refractivity contribution in [1.82, 2.24) is 20.0 Å². The van der Waals surface area contributed by atoms with E-state index in [0.29, 0.717) is 19.5 Å². The number of nitrogens with zero attached hydrogens (tertiary/aromatic N) is 2. The number of carbonyl (C=O) groups excluding carboxylic acids is 1. The summed E-state index contributed by atoms with van der Waals surface area (Å²) in [6.45, 7) is 1.17. The summed E-state index contributed by atoms with van der Waals surface area (Å²) in [5.41, 5.74) is 1.76. The number of pyridine rings is 1. The quantitative estimate of drug-likeness (QED) is 0.878. The molecule has 0 fully saturated rings. The Bertz CT molecular complexity index is 482. The van der Waals surface area contributed by atoms with Crippen molar-refractivity contribution in [2.45, 2.75) is 13.0 Å². The first-order valence-electron chi connectivity index (χ1n) is 5.63. The molecule has 0 radical (unpaired) electrons. The Hall–Kier alpha value is -1.30. The summed E-state index contributed by atoms with van der Waals surface area (Å²) in [7, 11) is 1.83. The molecular weight excluding hydrogens is 287 g/mol. The van der Waals surface area contributed by atoms with Gasteiger partial charge in [-0.25, -0.2) is 4.98 Å². The molecule has 2 rings (SSSR count). The molecule has 0 bridgehead atoms. The third kappa shape index (κ3) is 5.06. The van der Waals surface area contributed by atoms with Gasteiger partial charge < -0.3 is 15.0 Å². The molecule has 0 unspecified atom stereocenters. The van der Waals surface area contributed by atoms with Crippen LogP contribution in [-0.4, -0.2) is 28.9 Å². The second kappa shape index (κ2) is 8.74. The number of halogens is 2. The maximum absolute atomic E-state index is 11.4.